The number of nitrogens with one attached hydrogen (secondary N) is 1. The van der Waals surface area contributed by atoms with Crippen LogP contribution in [0.5, 0.6) is 0 Å². The highest BCUT2D eigenvalue weighted by Crippen LogP contribution is 2.47. The van der Waals surface area contributed by atoms with E-state index in [4.69, 9.17) is 5.73 Å². The number of hydrogen-bond acceptors (Lipinski definition) is 2. The normalized spacial score (nSPS) is 16.6. The predicted octanol–water partition coefficient (Wildman–Crippen LogP) is 1.68. The van der Waals surface area contributed by atoms with Crippen molar-refractivity contribution in [3.8, 4) is 0 Å². The summed E-state index contributed by atoms with van der Waals surface area (Å²) in [5.41, 5.74) is 6.10. The molecule has 1 fully saturated rings. The van der Waals surface area contributed by atoms with Gasteiger partial charge in [-0.3, -0.25) is 4.79 Å². The number of benzene rings is 1. The van der Waals surface area contributed by atoms with Crippen molar-refractivity contribution in [1.29, 1.82) is 0 Å². The third-order valence-electron chi connectivity index (χ3n) is 3.34. The summed E-state index contributed by atoms with van der Waals surface area (Å²) in [5.74, 6) is -0.603. The summed E-state index contributed by atoms with van der Waals surface area (Å²) in [6.45, 7) is 1.29. The maximum absolute atomic E-state index is 12.9. The molecule has 0 spiro atoms. The van der Waals surface area contributed by atoms with Crippen LogP contribution in [0.15, 0.2) is 24.3 Å². The van der Waals surface area contributed by atoms with E-state index < -0.39 is 0 Å². The molecule has 0 unspecified atom stereocenters. The van der Waals surface area contributed by atoms with E-state index >= 15 is 0 Å². The Balaban J connectivity index is 1.90. The summed E-state index contributed by atoms with van der Waals surface area (Å²) in [6, 6.07) is 5.73. The SMILES string of the molecule is NCCC1(CNC(=O)c2cccc(F)c2)CC1. The van der Waals surface area contributed by atoms with Crippen molar-refractivity contribution in [2.24, 2.45) is 11.1 Å². The van der Waals surface area contributed by atoms with Crippen LogP contribution in [0.3, 0.4) is 0 Å². The Bertz CT molecular complexity index is 416. The van der Waals surface area contributed by atoms with Crippen molar-refractivity contribution < 1.29 is 9.18 Å². The number of hydrogen-bond donors (Lipinski definition) is 2. The molecule has 17 heavy (non-hydrogen) atoms. The average Bonchev–Trinajstić information content (AvgIpc) is 3.07. The Morgan fingerprint density at radius 1 is 1.47 bits per heavy atom. The van der Waals surface area contributed by atoms with E-state index in [2.05, 4.69) is 5.32 Å². The number of carbonyl (C=O) groups is 1. The van der Waals surface area contributed by atoms with Gasteiger partial charge in [-0.05, 0) is 49.4 Å². The fourth-order valence-electron chi connectivity index (χ4n) is 2.00. The first kappa shape index (κ1) is 12.0. The molecule has 0 bridgehead atoms. The maximum Gasteiger partial charge on any atom is 0.251 e. The van der Waals surface area contributed by atoms with Crippen molar-refractivity contribution >= 4 is 5.91 Å². The van der Waals surface area contributed by atoms with Crippen LogP contribution in [0.4, 0.5) is 4.39 Å². The molecule has 0 aliphatic heterocycles. The lowest BCUT2D eigenvalue weighted by molar-refractivity contribution is 0.0943. The zero-order valence-electron chi connectivity index (χ0n) is 9.71. The second kappa shape index (κ2) is 4.84. The lowest BCUT2D eigenvalue weighted by Crippen LogP contribution is -2.31. The Morgan fingerprint density at radius 2 is 2.24 bits per heavy atom. The molecule has 0 heterocycles. The summed E-state index contributed by atoms with van der Waals surface area (Å²) in [4.78, 5) is 11.8. The maximum atomic E-state index is 12.9. The zero-order valence-corrected chi connectivity index (χ0v) is 9.71. The highest BCUT2D eigenvalue weighted by molar-refractivity contribution is 5.94. The first-order valence-corrected chi connectivity index (χ1v) is 5.89. The third kappa shape index (κ3) is 3.03. The molecule has 0 radical (unpaired) electrons. The van der Waals surface area contributed by atoms with Crippen LogP contribution in [-0.2, 0) is 0 Å². The van der Waals surface area contributed by atoms with Crippen molar-refractivity contribution in [1.82, 2.24) is 5.32 Å². The molecule has 0 atom stereocenters. The molecule has 1 saturated carbocycles. The topological polar surface area (TPSA) is 55.1 Å². The lowest BCUT2D eigenvalue weighted by atomic mass is 10.0. The van der Waals surface area contributed by atoms with Crippen molar-refractivity contribution in [2.45, 2.75) is 19.3 Å². The molecule has 3 N–H and O–H groups in total. The summed E-state index contributed by atoms with van der Waals surface area (Å²) >= 11 is 0. The average molecular weight is 236 g/mol. The molecule has 1 aliphatic carbocycles. The van der Waals surface area contributed by atoms with Crippen LogP contribution in [0, 0.1) is 11.2 Å². The van der Waals surface area contributed by atoms with Crippen molar-refractivity contribution in [3.05, 3.63) is 35.6 Å². The molecule has 1 aromatic rings. The fraction of sp³-hybridized carbons (Fsp3) is 0.462. The number of carbonyl (C=O) groups excluding carboxylic acids is 1. The van der Waals surface area contributed by atoms with Gasteiger partial charge in [0.1, 0.15) is 5.82 Å². The Hall–Kier alpha value is -1.42. The van der Waals surface area contributed by atoms with Gasteiger partial charge in [-0.1, -0.05) is 6.07 Å². The summed E-state index contributed by atoms with van der Waals surface area (Å²) < 4.78 is 12.9. The van der Waals surface area contributed by atoms with Crippen molar-refractivity contribution in [2.75, 3.05) is 13.1 Å². The Morgan fingerprint density at radius 3 is 2.82 bits per heavy atom. The lowest BCUT2D eigenvalue weighted by Gasteiger charge is -2.14. The van der Waals surface area contributed by atoms with Crippen LogP contribution in [-0.4, -0.2) is 19.0 Å². The molecule has 1 aliphatic rings. The first-order chi connectivity index (χ1) is 8.15. The Labute approximate surface area is 100 Å². The molecule has 0 saturated heterocycles. The van der Waals surface area contributed by atoms with E-state index in [1.807, 2.05) is 0 Å². The molecular weight excluding hydrogens is 219 g/mol. The highest BCUT2D eigenvalue weighted by atomic mass is 19.1. The molecule has 1 amide bonds. The van der Waals surface area contributed by atoms with Gasteiger partial charge in [-0.15, -0.1) is 0 Å². The molecule has 0 aromatic heterocycles. The van der Waals surface area contributed by atoms with E-state index in [0.29, 0.717) is 18.7 Å². The molecule has 92 valence electrons. The quantitative estimate of drug-likeness (QED) is 0.817. The highest BCUT2D eigenvalue weighted by Gasteiger charge is 2.41. The molecular formula is C13H17FN2O. The van der Waals surface area contributed by atoms with Gasteiger partial charge < -0.3 is 11.1 Å². The first-order valence-electron chi connectivity index (χ1n) is 5.89. The predicted molar refractivity (Wildman–Crippen MR) is 64.1 cm³/mol. The van der Waals surface area contributed by atoms with E-state index in [1.54, 1.807) is 6.07 Å². The van der Waals surface area contributed by atoms with Gasteiger partial charge in [0.05, 0.1) is 0 Å². The van der Waals surface area contributed by atoms with Crippen LogP contribution in [0.1, 0.15) is 29.6 Å². The number of halogens is 1. The van der Waals surface area contributed by atoms with Crippen LogP contribution < -0.4 is 11.1 Å². The number of nitrogens with two attached hydrogens (primary N) is 1. The Kier molecular flexibility index (Phi) is 3.43. The second-order valence-electron chi connectivity index (χ2n) is 4.73. The van der Waals surface area contributed by atoms with E-state index in [-0.39, 0.29) is 17.1 Å². The summed E-state index contributed by atoms with van der Waals surface area (Å²) in [6.07, 6.45) is 3.18. The van der Waals surface area contributed by atoms with Crippen LogP contribution >= 0.6 is 0 Å². The van der Waals surface area contributed by atoms with Gasteiger partial charge in [0.15, 0.2) is 0 Å². The van der Waals surface area contributed by atoms with E-state index in [9.17, 15) is 9.18 Å². The van der Waals surface area contributed by atoms with Gasteiger partial charge in [0, 0.05) is 12.1 Å². The van der Waals surface area contributed by atoms with Crippen LogP contribution in [0.2, 0.25) is 0 Å². The van der Waals surface area contributed by atoms with Gasteiger partial charge in [-0.25, -0.2) is 4.39 Å². The summed E-state index contributed by atoms with van der Waals surface area (Å²) in [7, 11) is 0. The van der Waals surface area contributed by atoms with E-state index in [0.717, 1.165) is 19.3 Å². The zero-order chi connectivity index (χ0) is 12.3. The minimum absolute atomic E-state index is 0.206. The number of rotatable bonds is 5. The van der Waals surface area contributed by atoms with Gasteiger partial charge in [0.2, 0.25) is 0 Å². The van der Waals surface area contributed by atoms with Gasteiger partial charge in [0.25, 0.3) is 5.91 Å². The monoisotopic (exact) mass is 236 g/mol. The minimum Gasteiger partial charge on any atom is -0.351 e. The summed E-state index contributed by atoms with van der Waals surface area (Å²) in [5, 5.41) is 2.85. The molecule has 2 rings (SSSR count). The van der Waals surface area contributed by atoms with Gasteiger partial charge in [-0.2, -0.15) is 0 Å². The molecule has 1 aromatic carbocycles. The molecule has 3 nitrogen and oxygen atoms in total. The standard InChI is InChI=1S/C13H17FN2O/c14-11-3-1-2-10(8-11)12(17)16-9-13(4-5-13)6-7-15/h1-3,8H,4-7,9,15H2,(H,16,17). The molecule has 4 heteroatoms. The van der Waals surface area contributed by atoms with Gasteiger partial charge >= 0.3 is 0 Å². The number of amides is 1. The largest absolute Gasteiger partial charge is 0.351 e. The second-order valence-corrected chi connectivity index (χ2v) is 4.73. The fourth-order valence-corrected chi connectivity index (χ4v) is 2.00. The van der Waals surface area contributed by atoms with Crippen LogP contribution in [0.25, 0.3) is 0 Å². The van der Waals surface area contributed by atoms with E-state index in [1.165, 1.54) is 18.2 Å². The van der Waals surface area contributed by atoms with Crippen molar-refractivity contribution in [3.63, 3.8) is 0 Å². The minimum atomic E-state index is -0.388. The third-order valence-corrected chi connectivity index (χ3v) is 3.34. The smallest absolute Gasteiger partial charge is 0.251 e.